The second-order valence-electron chi connectivity index (χ2n) is 4.71. The summed E-state index contributed by atoms with van der Waals surface area (Å²) >= 11 is 0. The third kappa shape index (κ3) is 4.19. The van der Waals surface area contributed by atoms with Crippen LogP contribution in [0.1, 0.15) is 32.8 Å². The van der Waals surface area contributed by atoms with Gasteiger partial charge in [-0.05, 0) is 57.9 Å². The molecule has 0 radical (unpaired) electrons. The number of rotatable bonds is 6. The highest BCUT2D eigenvalue weighted by atomic mass is 16.5. The molecule has 0 atom stereocenters. The van der Waals surface area contributed by atoms with Gasteiger partial charge in [-0.2, -0.15) is 0 Å². The summed E-state index contributed by atoms with van der Waals surface area (Å²) in [5.41, 5.74) is 5.90. The minimum absolute atomic E-state index is 0.0184. The van der Waals surface area contributed by atoms with Gasteiger partial charge in [-0.15, -0.1) is 0 Å². The van der Waals surface area contributed by atoms with E-state index in [1.54, 1.807) is 13.8 Å². The van der Waals surface area contributed by atoms with Gasteiger partial charge in [0.05, 0.1) is 0 Å². The number of hydrogen-bond donors (Lipinski definition) is 1. The van der Waals surface area contributed by atoms with Crippen LogP contribution in [0.25, 0.3) is 0 Å². The molecule has 0 saturated heterocycles. The maximum atomic E-state index is 11.4. The summed E-state index contributed by atoms with van der Waals surface area (Å²) in [6.07, 6.45) is 1.90. The van der Waals surface area contributed by atoms with Gasteiger partial charge in [0, 0.05) is 0 Å². The third-order valence-corrected chi connectivity index (χ3v) is 2.79. The molecule has 0 spiro atoms. The molecule has 1 aromatic rings. The molecule has 0 saturated carbocycles. The van der Waals surface area contributed by atoms with Crippen molar-refractivity contribution in [1.29, 1.82) is 0 Å². The van der Waals surface area contributed by atoms with E-state index in [-0.39, 0.29) is 5.78 Å². The molecule has 0 bridgehead atoms. The van der Waals surface area contributed by atoms with Crippen LogP contribution >= 0.6 is 0 Å². The van der Waals surface area contributed by atoms with E-state index in [4.69, 9.17) is 10.5 Å². The number of aryl methyl sites for hydroxylation is 1. The van der Waals surface area contributed by atoms with Crippen molar-refractivity contribution in [2.24, 2.45) is 5.73 Å². The second-order valence-corrected chi connectivity index (χ2v) is 4.71. The maximum Gasteiger partial charge on any atom is 0.172 e. The van der Waals surface area contributed by atoms with Gasteiger partial charge in [-0.25, -0.2) is 0 Å². The van der Waals surface area contributed by atoms with E-state index in [2.05, 4.69) is 0 Å². The highest BCUT2D eigenvalue weighted by molar-refractivity contribution is 5.84. The van der Waals surface area contributed by atoms with Crippen molar-refractivity contribution in [2.45, 2.75) is 39.2 Å². The molecule has 0 aromatic heterocycles. The number of ether oxygens (including phenoxy) is 1. The Morgan fingerprint density at radius 3 is 2.71 bits per heavy atom. The number of nitrogens with two attached hydrogens (primary N) is 1. The Morgan fingerprint density at radius 2 is 2.12 bits per heavy atom. The van der Waals surface area contributed by atoms with Crippen LogP contribution in [0.4, 0.5) is 0 Å². The van der Waals surface area contributed by atoms with Gasteiger partial charge in [0.25, 0.3) is 0 Å². The fraction of sp³-hybridized carbons (Fsp3) is 0.500. The number of hydrogen-bond acceptors (Lipinski definition) is 3. The monoisotopic (exact) mass is 235 g/mol. The lowest BCUT2D eigenvalue weighted by Crippen LogP contribution is -2.36. The lowest BCUT2D eigenvalue weighted by atomic mass is 10.0. The SMILES string of the molecule is CC(=O)C(C)(C)Oc1cccc(CCCN)c1. The normalized spacial score (nSPS) is 11.3. The molecule has 0 fully saturated rings. The first-order valence-electron chi connectivity index (χ1n) is 5.95. The summed E-state index contributed by atoms with van der Waals surface area (Å²) in [6, 6.07) is 7.83. The minimum Gasteiger partial charge on any atom is -0.480 e. The zero-order valence-corrected chi connectivity index (χ0v) is 10.8. The Labute approximate surface area is 103 Å². The number of benzene rings is 1. The molecule has 2 N–H and O–H groups in total. The summed E-state index contributed by atoms with van der Waals surface area (Å²) in [5.74, 6) is 0.754. The van der Waals surface area contributed by atoms with Crippen molar-refractivity contribution >= 4 is 5.78 Å². The zero-order chi connectivity index (χ0) is 12.9. The summed E-state index contributed by atoms with van der Waals surface area (Å²) in [7, 11) is 0. The molecule has 0 aliphatic carbocycles. The molecule has 3 heteroatoms. The van der Waals surface area contributed by atoms with Crippen LogP contribution in [0, 0.1) is 0 Å². The first-order chi connectivity index (χ1) is 7.95. The summed E-state index contributed by atoms with van der Waals surface area (Å²) < 4.78 is 5.70. The standard InChI is InChI=1S/C14H21NO2/c1-11(16)14(2,3)17-13-8-4-6-12(10-13)7-5-9-15/h4,6,8,10H,5,7,9,15H2,1-3H3. The van der Waals surface area contributed by atoms with E-state index < -0.39 is 5.60 Å². The smallest absolute Gasteiger partial charge is 0.172 e. The number of carbonyl (C=O) groups excluding carboxylic acids is 1. The fourth-order valence-corrected chi connectivity index (χ4v) is 1.44. The highest BCUT2D eigenvalue weighted by Crippen LogP contribution is 2.20. The van der Waals surface area contributed by atoms with Crippen LogP contribution in [0.3, 0.4) is 0 Å². The van der Waals surface area contributed by atoms with E-state index in [1.165, 1.54) is 12.5 Å². The van der Waals surface area contributed by atoms with Crippen molar-refractivity contribution in [3.8, 4) is 5.75 Å². The summed E-state index contributed by atoms with van der Waals surface area (Å²) in [5, 5.41) is 0. The molecular formula is C14H21NO2. The molecule has 17 heavy (non-hydrogen) atoms. The number of Topliss-reactive ketones (excluding diaryl/α,β-unsaturated/α-hetero) is 1. The van der Waals surface area contributed by atoms with Crippen molar-refractivity contribution in [3.63, 3.8) is 0 Å². The van der Waals surface area contributed by atoms with Gasteiger partial charge in [-0.3, -0.25) is 4.79 Å². The third-order valence-electron chi connectivity index (χ3n) is 2.79. The summed E-state index contributed by atoms with van der Waals surface area (Å²) in [6.45, 7) is 5.78. The van der Waals surface area contributed by atoms with Gasteiger partial charge in [0.1, 0.15) is 5.75 Å². The van der Waals surface area contributed by atoms with Gasteiger partial charge in [-0.1, -0.05) is 12.1 Å². The van der Waals surface area contributed by atoms with Crippen molar-refractivity contribution in [2.75, 3.05) is 6.54 Å². The van der Waals surface area contributed by atoms with E-state index in [0.717, 1.165) is 18.6 Å². The quantitative estimate of drug-likeness (QED) is 0.823. The average Bonchev–Trinajstić information content (AvgIpc) is 2.26. The van der Waals surface area contributed by atoms with Gasteiger partial charge in [0.15, 0.2) is 11.4 Å². The molecule has 0 aliphatic heterocycles. The predicted molar refractivity (Wildman–Crippen MR) is 69.2 cm³/mol. The van der Waals surface area contributed by atoms with E-state index in [1.807, 2.05) is 24.3 Å². The van der Waals surface area contributed by atoms with Crippen LogP contribution in [0.5, 0.6) is 5.75 Å². The van der Waals surface area contributed by atoms with Crippen LogP contribution in [0.2, 0.25) is 0 Å². The van der Waals surface area contributed by atoms with Gasteiger partial charge in [0.2, 0.25) is 0 Å². The van der Waals surface area contributed by atoms with Gasteiger partial charge >= 0.3 is 0 Å². The molecule has 1 rings (SSSR count). The number of ketones is 1. The minimum atomic E-state index is -0.771. The van der Waals surface area contributed by atoms with Crippen LogP contribution in [-0.4, -0.2) is 17.9 Å². The molecule has 94 valence electrons. The largest absolute Gasteiger partial charge is 0.480 e. The molecule has 3 nitrogen and oxygen atoms in total. The summed E-state index contributed by atoms with van der Waals surface area (Å²) in [4.78, 5) is 11.4. The first-order valence-corrected chi connectivity index (χ1v) is 5.95. The Kier molecular flexibility index (Phi) is 4.70. The molecule has 0 heterocycles. The van der Waals surface area contributed by atoms with Gasteiger partial charge < -0.3 is 10.5 Å². The topological polar surface area (TPSA) is 52.3 Å². The highest BCUT2D eigenvalue weighted by Gasteiger charge is 2.25. The molecule has 0 amide bonds. The Hall–Kier alpha value is -1.35. The average molecular weight is 235 g/mol. The van der Waals surface area contributed by atoms with Crippen LogP contribution < -0.4 is 10.5 Å². The Morgan fingerprint density at radius 1 is 1.41 bits per heavy atom. The van der Waals surface area contributed by atoms with E-state index in [0.29, 0.717) is 6.54 Å². The predicted octanol–water partition coefficient (Wildman–Crippen LogP) is 2.32. The molecular weight excluding hydrogens is 214 g/mol. The first kappa shape index (κ1) is 13.7. The molecule has 0 aliphatic rings. The van der Waals surface area contributed by atoms with E-state index >= 15 is 0 Å². The van der Waals surface area contributed by atoms with Crippen LogP contribution in [0.15, 0.2) is 24.3 Å². The zero-order valence-electron chi connectivity index (χ0n) is 10.8. The van der Waals surface area contributed by atoms with Crippen LogP contribution in [-0.2, 0) is 11.2 Å². The molecule has 0 unspecified atom stereocenters. The van der Waals surface area contributed by atoms with Crippen molar-refractivity contribution in [1.82, 2.24) is 0 Å². The maximum absolute atomic E-state index is 11.4. The number of carbonyl (C=O) groups is 1. The Balaban J connectivity index is 2.75. The fourth-order valence-electron chi connectivity index (χ4n) is 1.44. The van der Waals surface area contributed by atoms with Crippen molar-refractivity contribution in [3.05, 3.63) is 29.8 Å². The van der Waals surface area contributed by atoms with E-state index in [9.17, 15) is 4.79 Å². The Bertz CT molecular complexity index is 386. The lowest BCUT2D eigenvalue weighted by Gasteiger charge is -2.23. The second kappa shape index (κ2) is 5.82. The lowest BCUT2D eigenvalue weighted by molar-refractivity contribution is -0.129. The van der Waals surface area contributed by atoms with Crippen molar-refractivity contribution < 1.29 is 9.53 Å². The molecule has 1 aromatic carbocycles.